The van der Waals surface area contributed by atoms with E-state index in [0.29, 0.717) is 42.4 Å². The maximum atomic E-state index is 12.3. The fourth-order valence-electron chi connectivity index (χ4n) is 4.19. The Bertz CT molecular complexity index is 1390. The van der Waals surface area contributed by atoms with Crippen molar-refractivity contribution in [3.63, 3.8) is 0 Å². The molecule has 0 heterocycles. The minimum atomic E-state index is -0.847. The van der Waals surface area contributed by atoms with Gasteiger partial charge in [-0.15, -0.1) is 0 Å². The van der Waals surface area contributed by atoms with Gasteiger partial charge < -0.3 is 25.1 Å². The molecule has 0 aromatic heterocycles. The number of primary amides is 1. The number of benzene rings is 4. The Morgan fingerprint density at radius 1 is 0.878 bits per heavy atom. The van der Waals surface area contributed by atoms with E-state index in [0.717, 1.165) is 17.4 Å². The first kappa shape index (κ1) is 29.3. The van der Waals surface area contributed by atoms with E-state index in [4.69, 9.17) is 19.9 Å². The number of amides is 1. The van der Waals surface area contributed by atoms with Gasteiger partial charge in [0, 0.05) is 18.5 Å². The molecular formula is C33H34N2O6. The Labute approximate surface area is 239 Å². The second kappa shape index (κ2) is 14.6. The number of carbonyl (C=O) groups is 2. The summed E-state index contributed by atoms with van der Waals surface area (Å²) in [5.41, 5.74) is 8.44. The lowest BCUT2D eigenvalue weighted by Crippen LogP contribution is -2.47. The second-order valence-corrected chi connectivity index (χ2v) is 9.60. The molecular weight excluding hydrogens is 520 g/mol. The van der Waals surface area contributed by atoms with Crippen LogP contribution in [0.25, 0.3) is 0 Å². The summed E-state index contributed by atoms with van der Waals surface area (Å²) in [7, 11) is 0. The first-order valence-electron chi connectivity index (χ1n) is 13.4. The topological polar surface area (TPSA) is 120 Å². The molecule has 0 spiro atoms. The summed E-state index contributed by atoms with van der Waals surface area (Å²) in [6.07, 6.45) is -0.677. The molecule has 8 nitrogen and oxygen atoms in total. The lowest BCUT2D eigenvalue weighted by molar-refractivity contribution is 0.0201. The summed E-state index contributed by atoms with van der Waals surface area (Å²) >= 11 is 0. The van der Waals surface area contributed by atoms with Crippen LogP contribution in [0.1, 0.15) is 38.8 Å². The fourth-order valence-corrected chi connectivity index (χ4v) is 4.19. The Morgan fingerprint density at radius 3 is 2.12 bits per heavy atom. The molecule has 0 saturated carbocycles. The summed E-state index contributed by atoms with van der Waals surface area (Å²) in [4.78, 5) is 23.2. The number of hydrogen-bond acceptors (Lipinski definition) is 7. The van der Waals surface area contributed by atoms with Crippen LogP contribution in [0.15, 0.2) is 103 Å². The van der Waals surface area contributed by atoms with Crippen molar-refractivity contribution in [1.29, 1.82) is 0 Å². The molecule has 0 saturated heterocycles. The van der Waals surface area contributed by atoms with Crippen molar-refractivity contribution in [2.45, 2.75) is 38.4 Å². The average molecular weight is 555 g/mol. The summed E-state index contributed by atoms with van der Waals surface area (Å²) in [6.45, 7) is 2.23. The zero-order valence-electron chi connectivity index (χ0n) is 22.8. The third-order valence-electron chi connectivity index (χ3n) is 6.33. The third kappa shape index (κ3) is 8.93. The number of aliphatic hydroxyl groups is 1. The lowest BCUT2D eigenvalue weighted by atomic mass is 10.1. The van der Waals surface area contributed by atoms with E-state index in [9.17, 15) is 14.7 Å². The number of rotatable bonds is 15. The van der Waals surface area contributed by atoms with Crippen LogP contribution in [0, 0.1) is 0 Å². The molecule has 3 unspecified atom stereocenters. The van der Waals surface area contributed by atoms with Gasteiger partial charge >= 0.3 is 0 Å². The number of aliphatic hydroxyl groups excluding tert-OH is 1. The number of hydrogen-bond donors (Lipinski definition) is 3. The minimum Gasteiger partial charge on any atom is -0.489 e. The highest BCUT2D eigenvalue weighted by atomic mass is 16.5. The van der Waals surface area contributed by atoms with E-state index < -0.39 is 24.3 Å². The van der Waals surface area contributed by atoms with Crippen LogP contribution in [-0.2, 0) is 13.0 Å². The highest BCUT2D eigenvalue weighted by Crippen LogP contribution is 2.26. The molecule has 0 bridgehead atoms. The van der Waals surface area contributed by atoms with Gasteiger partial charge in [0.15, 0.2) is 6.23 Å². The van der Waals surface area contributed by atoms with E-state index in [1.165, 1.54) is 0 Å². The molecule has 4 rings (SSSR count). The molecule has 8 heteroatoms. The van der Waals surface area contributed by atoms with Crippen molar-refractivity contribution >= 4 is 12.2 Å². The van der Waals surface area contributed by atoms with Crippen molar-refractivity contribution in [2.75, 3.05) is 6.54 Å². The Hall–Kier alpha value is -4.66. The predicted octanol–water partition coefficient (Wildman–Crippen LogP) is 4.54. The van der Waals surface area contributed by atoms with Crippen LogP contribution in [0.3, 0.4) is 0 Å². The molecule has 0 aliphatic rings. The smallest absolute Gasteiger partial charge is 0.252 e. The first-order valence-corrected chi connectivity index (χ1v) is 13.4. The largest absolute Gasteiger partial charge is 0.489 e. The molecule has 212 valence electrons. The van der Waals surface area contributed by atoms with Gasteiger partial charge in [-0.2, -0.15) is 0 Å². The standard InChI is InChI=1S/C33H34N2O6/c1-23(37)33(41-27-14-12-25(21-36)13-15-27)35-20-29(18-24-8-4-2-5-9-24)40-28-16-17-31(30(19-28)32(34)38)39-22-26-10-6-3-7-11-26/h2-17,19,21,23,29,33,35,37H,18,20,22H2,1H3,(H2,34,38). The van der Waals surface area contributed by atoms with E-state index in [1.807, 2.05) is 60.7 Å². The highest BCUT2D eigenvalue weighted by Gasteiger charge is 2.21. The van der Waals surface area contributed by atoms with E-state index in [2.05, 4.69) is 5.32 Å². The SMILES string of the molecule is CC(O)C(NCC(Cc1ccccc1)Oc1ccc(OCc2ccccc2)c(C(N)=O)c1)Oc1ccc(C=O)cc1. The molecule has 4 N–H and O–H groups in total. The maximum absolute atomic E-state index is 12.3. The highest BCUT2D eigenvalue weighted by molar-refractivity contribution is 5.96. The van der Waals surface area contributed by atoms with Crippen LogP contribution in [-0.4, -0.2) is 42.3 Å². The van der Waals surface area contributed by atoms with Crippen molar-refractivity contribution in [1.82, 2.24) is 5.32 Å². The molecule has 0 fully saturated rings. The minimum absolute atomic E-state index is 0.216. The van der Waals surface area contributed by atoms with Gasteiger partial charge in [-0.25, -0.2) is 0 Å². The van der Waals surface area contributed by atoms with E-state index >= 15 is 0 Å². The first-order chi connectivity index (χ1) is 19.9. The maximum Gasteiger partial charge on any atom is 0.252 e. The summed E-state index contributed by atoms with van der Waals surface area (Å²) in [5.74, 6) is 0.702. The van der Waals surface area contributed by atoms with Crippen molar-refractivity contribution in [3.8, 4) is 17.2 Å². The van der Waals surface area contributed by atoms with Crippen molar-refractivity contribution < 1.29 is 28.9 Å². The number of nitrogens with two attached hydrogens (primary N) is 1. The summed E-state index contributed by atoms with van der Waals surface area (Å²) in [5, 5.41) is 13.6. The van der Waals surface area contributed by atoms with Gasteiger partial charge in [-0.05, 0) is 60.5 Å². The van der Waals surface area contributed by atoms with E-state index in [-0.39, 0.29) is 5.56 Å². The molecule has 0 aliphatic heterocycles. The quantitative estimate of drug-likeness (QED) is 0.146. The van der Waals surface area contributed by atoms with Gasteiger partial charge in [-0.1, -0.05) is 60.7 Å². The van der Waals surface area contributed by atoms with Gasteiger partial charge in [0.2, 0.25) is 0 Å². The molecule has 4 aromatic rings. The summed E-state index contributed by atoms with van der Waals surface area (Å²) in [6, 6.07) is 31.1. The zero-order chi connectivity index (χ0) is 29.0. The molecule has 4 aromatic carbocycles. The number of ether oxygens (including phenoxy) is 3. The van der Waals surface area contributed by atoms with E-state index in [1.54, 1.807) is 49.4 Å². The second-order valence-electron chi connectivity index (χ2n) is 9.60. The molecule has 3 atom stereocenters. The monoisotopic (exact) mass is 554 g/mol. The van der Waals surface area contributed by atoms with Crippen molar-refractivity contribution in [3.05, 3.63) is 125 Å². The molecule has 1 amide bonds. The Morgan fingerprint density at radius 2 is 1.51 bits per heavy atom. The molecule has 0 aliphatic carbocycles. The zero-order valence-corrected chi connectivity index (χ0v) is 22.8. The fraction of sp³-hybridized carbons (Fsp3) is 0.212. The number of carbonyl (C=O) groups excluding carboxylic acids is 2. The van der Waals surface area contributed by atoms with Crippen LogP contribution in [0.2, 0.25) is 0 Å². The number of aldehydes is 1. The third-order valence-corrected chi connectivity index (χ3v) is 6.33. The Kier molecular flexibility index (Phi) is 10.5. The van der Waals surface area contributed by atoms with Crippen LogP contribution >= 0.6 is 0 Å². The molecule has 0 radical (unpaired) electrons. The normalized spacial score (nSPS) is 13.0. The van der Waals surface area contributed by atoms with Crippen LogP contribution in [0.5, 0.6) is 17.2 Å². The Balaban J connectivity index is 1.48. The predicted molar refractivity (Wildman–Crippen MR) is 156 cm³/mol. The van der Waals surface area contributed by atoms with Crippen LogP contribution in [0.4, 0.5) is 0 Å². The van der Waals surface area contributed by atoms with Crippen molar-refractivity contribution in [2.24, 2.45) is 5.73 Å². The van der Waals surface area contributed by atoms with Gasteiger partial charge in [0.1, 0.15) is 42.3 Å². The molecule has 41 heavy (non-hydrogen) atoms. The lowest BCUT2D eigenvalue weighted by Gasteiger charge is -2.27. The van der Waals surface area contributed by atoms with Gasteiger partial charge in [0.05, 0.1) is 5.56 Å². The van der Waals surface area contributed by atoms with Gasteiger partial charge in [-0.3, -0.25) is 14.9 Å². The summed E-state index contributed by atoms with van der Waals surface area (Å²) < 4.78 is 18.2. The number of nitrogens with one attached hydrogen (secondary N) is 1. The van der Waals surface area contributed by atoms with Crippen LogP contribution < -0.4 is 25.3 Å². The van der Waals surface area contributed by atoms with Gasteiger partial charge in [0.25, 0.3) is 5.91 Å². The average Bonchev–Trinajstić information content (AvgIpc) is 2.99.